The molecule has 0 aliphatic heterocycles. The maximum Gasteiger partial charge on any atom is 0.161 e. The molecule has 0 radical (unpaired) electrons. The SMILES string of the molecule is CCOc1cccc(-c2nc(Cl)c(I)c(C3CC3)n2)c1. The fourth-order valence-corrected chi connectivity index (χ4v) is 2.94. The van der Waals surface area contributed by atoms with Gasteiger partial charge in [-0.3, -0.25) is 0 Å². The summed E-state index contributed by atoms with van der Waals surface area (Å²) in [5, 5.41) is 0.541. The minimum Gasteiger partial charge on any atom is -0.494 e. The van der Waals surface area contributed by atoms with E-state index in [1.54, 1.807) is 0 Å². The summed E-state index contributed by atoms with van der Waals surface area (Å²) in [6.45, 7) is 2.61. The van der Waals surface area contributed by atoms with Crippen LogP contribution in [0, 0.1) is 3.57 Å². The zero-order chi connectivity index (χ0) is 14.1. The van der Waals surface area contributed by atoms with Crippen molar-refractivity contribution in [2.75, 3.05) is 6.61 Å². The standard InChI is InChI=1S/C15H14ClIN2O/c1-2-20-11-5-3-4-10(8-11)15-18-13(9-6-7-9)12(17)14(16)19-15/h3-5,8-9H,2,6-7H2,1H3. The van der Waals surface area contributed by atoms with Gasteiger partial charge in [-0.1, -0.05) is 23.7 Å². The highest BCUT2D eigenvalue weighted by atomic mass is 127. The van der Waals surface area contributed by atoms with Crippen LogP contribution >= 0.6 is 34.2 Å². The number of rotatable bonds is 4. The van der Waals surface area contributed by atoms with E-state index in [0.717, 1.165) is 20.6 Å². The lowest BCUT2D eigenvalue weighted by molar-refractivity contribution is 0.340. The van der Waals surface area contributed by atoms with E-state index in [2.05, 4.69) is 27.6 Å². The van der Waals surface area contributed by atoms with Gasteiger partial charge < -0.3 is 4.74 Å². The van der Waals surface area contributed by atoms with Crippen LogP contribution in [0.4, 0.5) is 0 Å². The fraction of sp³-hybridized carbons (Fsp3) is 0.333. The van der Waals surface area contributed by atoms with Gasteiger partial charge in [-0.15, -0.1) is 0 Å². The average Bonchev–Trinajstić information content (AvgIpc) is 3.27. The average molecular weight is 401 g/mol. The van der Waals surface area contributed by atoms with Crippen molar-refractivity contribution >= 4 is 34.2 Å². The Bertz CT molecular complexity index is 644. The Labute approximate surface area is 136 Å². The smallest absolute Gasteiger partial charge is 0.161 e. The van der Waals surface area contributed by atoms with E-state index in [4.69, 9.17) is 21.3 Å². The molecule has 1 fully saturated rings. The molecule has 1 heterocycles. The normalized spacial score (nSPS) is 14.3. The summed E-state index contributed by atoms with van der Waals surface area (Å²) < 4.78 is 6.50. The van der Waals surface area contributed by atoms with Gasteiger partial charge >= 0.3 is 0 Å². The molecule has 0 N–H and O–H groups in total. The quantitative estimate of drug-likeness (QED) is 0.552. The summed E-state index contributed by atoms with van der Waals surface area (Å²) in [5.74, 6) is 2.06. The lowest BCUT2D eigenvalue weighted by Crippen LogP contribution is -2.00. The highest BCUT2D eigenvalue weighted by Crippen LogP contribution is 2.42. The highest BCUT2D eigenvalue weighted by molar-refractivity contribution is 14.1. The van der Waals surface area contributed by atoms with Gasteiger partial charge in [0.05, 0.1) is 15.9 Å². The van der Waals surface area contributed by atoms with Crippen LogP contribution in [0.2, 0.25) is 5.15 Å². The number of hydrogen-bond acceptors (Lipinski definition) is 3. The molecular formula is C15H14ClIN2O. The van der Waals surface area contributed by atoms with Crippen LogP contribution in [0.25, 0.3) is 11.4 Å². The molecule has 0 atom stereocenters. The van der Waals surface area contributed by atoms with Crippen molar-refractivity contribution in [3.63, 3.8) is 0 Å². The van der Waals surface area contributed by atoms with Gasteiger partial charge in [-0.25, -0.2) is 9.97 Å². The zero-order valence-corrected chi connectivity index (χ0v) is 14.0. The second kappa shape index (κ2) is 5.85. The third-order valence-corrected chi connectivity index (χ3v) is 4.86. The van der Waals surface area contributed by atoms with Crippen molar-refractivity contribution in [1.29, 1.82) is 0 Å². The predicted molar refractivity (Wildman–Crippen MR) is 88.3 cm³/mol. The first kappa shape index (κ1) is 14.1. The Morgan fingerprint density at radius 3 is 2.85 bits per heavy atom. The Kier molecular flexibility index (Phi) is 4.12. The number of aromatic nitrogens is 2. The summed E-state index contributed by atoms with van der Waals surface area (Å²) in [6, 6.07) is 7.83. The molecule has 1 aliphatic rings. The molecule has 3 rings (SSSR count). The van der Waals surface area contributed by atoms with Crippen molar-refractivity contribution in [2.45, 2.75) is 25.7 Å². The number of nitrogens with zero attached hydrogens (tertiary/aromatic N) is 2. The number of ether oxygens (including phenoxy) is 1. The molecule has 1 aromatic carbocycles. The molecule has 1 aliphatic carbocycles. The number of hydrogen-bond donors (Lipinski definition) is 0. The van der Waals surface area contributed by atoms with Crippen LogP contribution in [0.1, 0.15) is 31.4 Å². The number of benzene rings is 1. The molecule has 104 valence electrons. The summed E-state index contributed by atoms with van der Waals surface area (Å²) in [4.78, 5) is 9.11. The van der Waals surface area contributed by atoms with Crippen LogP contribution in [-0.2, 0) is 0 Å². The van der Waals surface area contributed by atoms with Gasteiger partial charge in [-0.05, 0) is 54.5 Å². The maximum atomic E-state index is 6.25. The van der Waals surface area contributed by atoms with E-state index in [1.165, 1.54) is 12.8 Å². The summed E-state index contributed by atoms with van der Waals surface area (Å²) in [5.41, 5.74) is 2.03. The first-order valence-electron chi connectivity index (χ1n) is 6.65. The molecule has 0 bridgehead atoms. The van der Waals surface area contributed by atoms with Crippen molar-refractivity contribution in [3.8, 4) is 17.1 Å². The van der Waals surface area contributed by atoms with Crippen LogP contribution in [0.3, 0.4) is 0 Å². The molecule has 20 heavy (non-hydrogen) atoms. The second-order valence-corrected chi connectivity index (χ2v) is 6.21. The van der Waals surface area contributed by atoms with Gasteiger partial charge in [0.2, 0.25) is 0 Å². The Morgan fingerprint density at radius 1 is 1.35 bits per heavy atom. The van der Waals surface area contributed by atoms with Gasteiger partial charge in [-0.2, -0.15) is 0 Å². The minimum absolute atomic E-state index is 0.541. The number of halogens is 2. The molecular weight excluding hydrogens is 387 g/mol. The van der Waals surface area contributed by atoms with Crippen LogP contribution in [-0.4, -0.2) is 16.6 Å². The first-order chi connectivity index (χ1) is 9.69. The topological polar surface area (TPSA) is 35.0 Å². The molecule has 0 spiro atoms. The van der Waals surface area contributed by atoms with Gasteiger partial charge in [0.15, 0.2) is 5.82 Å². The highest BCUT2D eigenvalue weighted by Gasteiger charge is 2.29. The summed E-state index contributed by atoms with van der Waals surface area (Å²) in [6.07, 6.45) is 2.39. The van der Waals surface area contributed by atoms with E-state index < -0.39 is 0 Å². The van der Waals surface area contributed by atoms with E-state index in [9.17, 15) is 0 Å². The van der Waals surface area contributed by atoms with Crippen molar-refractivity contribution < 1.29 is 4.74 Å². The molecule has 0 unspecified atom stereocenters. The predicted octanol–water partition coefficient (Wildman–Crippen LogP) is 4.68. The molecule has 5 heteroatoms. The second-order valence-electron chi connectivity index (χ2n) is 4.77. The molecule has 3 nitrogen and oxygen atoms in total. The Hall–Kier alpha value is -0.880. The van der Waals surface area contributed by atoms with E-state index in [-0.39, 0.29) is 0 Å². The van der Waals surface area contributed by atoms with Crippen LogP contribution < -0.4 is 4.74 Å². The molecule has 0 amide bonds. The van der Waals surface area contributed by atoms with Gasteiger partial charge in [0.25, 0.3) is 0 Å². The van der Waals surface area contributed by atoms with Gasteiger partial charge in [0.1, 0.15) is 10.9 Å². The molecule has 2 aromatic rings. The zero-order valence-electron chi connectivity index (χ0n) is 11.1. The summed E-state index contributed by atoms with van der Waals surface area (Å²) in [7, 11) is 0. The lowest BCUT2D eigenvalue weighted by atomic mass is 10.2. The van der Waals surface area contributed by atoms with E-state index >= 15 is 0 Å². The van der Waals surface area contributed by atoms with E-state index in [0.29, 0.717) is 23.5 Å². The molecule has 1 saturated carbocycles. The molecule has 1 aromatic heterocycles. The van der Waals surface area contributed by atoms with Crippen LogP contribution in [0.5, 0.6) is 5.75 Å². The largest absolute Gasteiger partial charge is 0.494 e. The van der Waals surface area contributed by atoms with Crippen molar-refractivity contribution in [3.05, 3.63) is 38.7 Å². The molecule has 0 saturated heterocycles. The van der Waals surface area contributed by atoms with Crippen molar-refractivity contribution in [1.82, 2.24) is 9.97 Å². The third kappa shape index (κ3) is 2.91. The van der Waals surface area contributed by atoms with E-state index in [1.807, 2.05) is 31.2 Å². The first-order valence-corrected chi connectivity index (χ1v) is 8.11. The lowest BCUT2D eigenvalue weighted by Gasteiger charge is -2.09. The monoisotopic (exact) mass is 400 g/mol. The van der Waals surface area contributed by atoms with Crippen molar-refractivity contribution in [2.24, 2.45) is 0 Å². The minimum atomic E-state index is 0.541. The Balaban J connectivity index is 2.03. The summed E-state index contributed by atoms with van der Waals surface area (Å²) >= 11 is 8.49. The van der Waals surface area contributed by atoms with Gasteiger partial charge in [0, 0.05) is 11.5 Å². The fourth-order valence-electron chi connectivity index (χ4n) is 2.08. The maximum absolute atomic E-state index is 6.25. The van der Waals surface area contributed by atoms with Crippen LogP contribution in [0.15, 0.2) is 24.3 Å². The Morgan fingerprint density at radius 2 is 2.15 bits per heavy atom. The third-order valence-electron chi connectivity index (χ3n) is 3.20.